The number of benzene rings is 1. The summed E-state index contributed by atoms with van der Waals surface area (Å²) in [4.78, 5) is 0. The third-order valence-electron chi connectivity index (χ3n) is 2.60. The lowest BCUT2D eigenvalue weighted by atomic mass is 10.1. The van der Waals surface area contributed by atoms with Crippen LogP contribution in [0.5, 0.6) is 5.75 Å². The maximum absolute atomic E-state index is 9.64. The number of phenols is 1. The quantitative estimate of drug-likeness (QED) is 0.693. The van der Waals surface area contributed by atoms with Crippen molar-refractivity contribution in [3.63, 3.8) is 0 Å². The van der Waals surface area contributed by atoms with Crippen molar-refractivity contribution in [3.05, 3.63) is 29.8 Å². The molecule has 0 saturated carbocycles. The van der Waals surface area contributed by atoms with E-state index in [1.54, 1.807) is 12.1 Å². The molecule has 84 valence electrons. The van der Waals surface area contributed by atoms with Gasteiger partial charge in [0.15, 0.2) is 0 Å². The number of hydrogen-bond donors (Lipinski definition) is 3. The lowest BCUT2D eigenvalue weighted by molar-refractivity contribution is 0.229. The predicted octanol–water partition coefficient (Wildman–Crippen LogP) is 1.81. The van der Waals surface area contributed by atoms with E-state index in [4.69, 9.17) is 5.11 Å². The molecule has 1 rings (SSSR count). The number of nitrogens with one attached hydrogen (secondary N) is 1. The van der Waals surface area contributed by atoms with Gasteiger partial charge in [0.2, 0.25) is 0 Å². The number of aliphatic hydroxyl groups is 1. The molecule has 3 nitrogen and oxygen atoms in total. The molecule has 0 fully saturated rings. The SMILES string of the molecule is CC[C@@H](CO)N[C@H](C)c1ccccc1O. The van der Waals surface area contributed by atoms with Gasteiger partial charge in [-0.2, -0.15) is 0 Å². The summed E-state index contributed by atoms with van der Waals surface area (Å²) >= 11 is 0. The first-order chi connectivity index (χ1) is 7.19. The van der Waals surface area contributed by atoms with Crippen LogP contribution in [-0.2, 0) is 0 Å². The van der Waals surface area contributed by atoms with Crippen LogP contribution in [0.4, 0.5) is 0 Å². The van der Waals surface area contributed by atoms with Crippen LogP contribution in [0.25, 0.3) is 0 Å². The second-order valence-corrected chi connectivity index (χ2v) is 3.73. The molecule has 0 spiro atoms. The van der Waals surface area contributed by atoms with Gasteiger partial charge in [-0.25, -0.2) is 0 Å². The molecule has 0 saturated heterocycles. The van der Waals surface area contributed by atoms with Crippen LogP contribution in [0.2, 0.25) is 0 Å². The normalized spacial score (nSPS) is 14.9. The Hall–Kier alpha value is -1.06. The summed E-state index contributed by atoms with van der Waals surface area (Å²) in [5.74, 6) is 0.297. The van der Waals surface area contributed by atoms with E-state index in [1.807, 2.05) is 26.0 Å². The molecule has 3 N–H and O–H groups in total. The van der Waals surface area contributed by atoms with Gasteiger partial charge in [0.1, 0.15) is 5.75 Å². The van der Waals surface area contributed by atoms with Crippen molar-refractivity contribution in [2.75, 3.05) is 6.61 Å². The van der Waals surface area contributed by atoms with Crippen LogP contribution < -0.4 is 5.32 Å². The zero-order chi connectivity index (χ0) is 11.3. The first kappa shape index (κ1) is 12.0. The fourth-order valence-electron chi connectivity index (χ4n) is 1.60. The maximum Gasteiger partial charge on any atom is 0.120 e. The van der Waals surface area contributed by atoms with E-state index in [9.17, 15) is 5.11 Å². The lowest BCUT2D eigenvalue weighted by Gasteiger charge is -2.21. The summed E-state index contributed by atoms with van der Waals surface area (Å²) in [6, 6.07) is 7.38. The Balaban J connectivity index is 2.68. The summed E-state index contributed by atoms with van der Waals surface area (Å²) in [5, 5.41) is 22.0. The Morgan fingerprint density at radius 1 is 1.33 bits per heavy atom. The maximum atomic E-state index is 9.64. The standard InChI is InChI=1S/C12H19NO2/c1-3-10(8-14)13-9(2)11-6-4-5-7-12(11)15/h4-7,9-10,13-15H,3,8H2,1-2H3/t9-,10+/m1/s1. The number of hydrogen-bond acceptors (Lipinski definition) is 3. The van der Waals surface area contributed by atoms with E-state index in [0.717, 1.165) is 12.0 Å². The zero-order valence-corrected chi connectivity index (χ0v) is 9.27. The predicted molar refractivity (Wildman–Crippen MR) is 60.8 cm³/mol. The molecule has 0 unspecified atom stereocenters. The fourth-order valence-corrected chi connectivity index (χ4v) is 1.60. The smallest absolute Gasteiger partial charge is 0.120 e. The number of rotatable bonds is 5. The minimum atomic E-state index is 0.0447. The lowest BCUT2D eigenvalue weighted by Crippen LogP contribution is -2.33. The molecule has 2 atom stereocenters. The second-order valence-electron chi connectivity index (χ2n) is 3.73. The molecule has 0 bridgehead atoms. The number of aliphatic hydroxyl groups excluding tert-OH is 1. The van der Waals surface area contributed by atoms with Gasteiger partial charge in [0.25, 0.3) is 0 Å². The van der Waals surface area contributed by atoms with Crippen LogP contribution in [0.1, 0.15) is 31.9 Å². The molecule has 0 aliphatic heterocycles. The molecule has 15 heavy (non-hydrogen) atoms. The molecule has 0 radical (unpaired) electrons. The number of phenolic OH excluding ortho intramolecular Hbond substituents is 1. The zero-order valence-electron chi connectivity index (χ0n) is 9.27. The molecule has 1 aromatic rings. The van der Waals surface area contributed by atoms with Crippen LogP contribution in [0, 0.1) is 0 Å². The van der Waals surface area contributed by atoms with E-state index in [-0.39, 0.29) is 18.7 Å². The van der Waals surface area contributed by atoms with Crippen molar-refractivity contribution in [2.45, 2.75) is 32.4 Å². The summed E-state index contributed by atoms with van der Waals surface area (Å²) in [6.07, 6.45) is 0.869. The van der Waals surface area contributed by atoms with Gasteiger partial charge in [-0.3, -0.25) is 0 Å². The highest BCUT2D eigenvalue weighted by atomic mass is 16.3. The Morgan fingerprint density at radius 3 is 2.53 bits per heavy atom. The van der Waals surface area contributed by atoms with Crippen molar-refractivity contribution < 1.29 is 10.2 Å². The Morgan fingerprint density at radius 2 is 2.00 bits per heavy atom. The van der Waals surface area contributed by atoms with Crippen molar-refractivity contribution in [1.29, 1.82) is 0 Å². The molecular weight excluding hydrogens is 190 g/mol. The average Bonchev–Trinajstić information content (AvgIpc) is 2.26. The van der Waals surface area contributed by atoms with Crippen molar-refractivity contribution >= 4 is 0 Å². The monoisotopic (exact) mass is 209 g/mol. The van der Waals surface area contributed by atoms with Crippen LogP contribution in [0.15, 0.2) is 24.3 Å². The molecule has 0 aromatic heterocycles. The van der Waals surface area contributed by atoms with Gasteiger partial charge in [0, 0.05) is 17.6 Å². The van der Waals surface area contributed by atoms with E-state index < -0.39 is 0 Å². The third kappa shape index (κ3) is 3.22. The Kier molecular flexibility index (Phi) is 4.59. The van der Waals surface area contributed by atoms with Crippen molar-refractivity contribution in [1.82, 2.24) is 5.32 Å². The molecule has 0 heterocycles. The molecule has 3 heteroatoms. The highest BCUT2D eigenvalue weighted by Gasteiger charge is 2.13. The minimum absolute atomic E-state index is 0.0447. The molecule has 0 amide bonds. The summed E-state index contributed by atoms with van der Waals surface area (Å²) in [5.41, 5.74) is 0.865. The Labute approximate surface area is 90.8 Å². The first-order valence-electron chi connectivity index (χ1n) is 5.33. The topological polar surface area (TPSA) is 52.5 Å². The number of aromatic hydroxyl groups is 1. The Bertz CT molecular complexity index is 297. The largest absolute Gasteiger partial charge is 0.508 e. The van der Waals surface area contributed by atoms with E-state index in [0.29, 0.717) is 5.75 Å². The number of para-hydroxylation sites is 1. The van der Waals surface area contributed by atoms with Crippen LogP contribution in [0.3, 0.4) is 0 Å². The van der Waals surface area contributed by atoms with Crippen molar-refractivity contribution in [2.24, 2.45) is 0 Å². The average molecular weight is 209 g/mol. The minimum Gasteiger partial charge on any atom is -0.508 e. The van der Waals surface area contributed by atoms with E-state index >= 15 is 0 Å². The molecule has 0 aliphatic carbocycles. The van der Waals surface area contributed by atoms with Crippen LogP contribution in [-0.4, -0.2) is 22.9 Å². The summed E-state index contributed by atoms with van der Waals surface area (Å²) < 4.78 is 0. The van der Waals surface area contributed by atoms with Gasteiger partial charge >= 0.3 is 0 Å². The third-order valence-corrected chi connectivity index (χ3v) is 2.60. The first-order valence-corrected chi connectivity index (χ1v) is 5.33. The van der Waals surface area contributed by atoms with Gasteiger partial charge < -0.3 is 15.5 Å². The highest BCUT2D eigenvalue weighted by molar-refractivity contribution is 5.34. The summed E-state index contributed by atoms with van der Waals surface area (Å²) in [6.45, 7) is 4.12. The highest BCUT2D eigenvalue weighted by Crippen LogP contribution is 2.23. The van der Waals surface area contributed by atoms with Gasteiger partial charge in [0.05, 0.1) is 6.61 Å². The van der Waals surface area contributed by atoms with Crippen molar-refractivity contribution in [3.8, 4) is 5.75 Å². The molecule has 0 aliphatic rings. The van der Waals surface area contributed by atoms with Gasteiger partial charge in [-0.1, -0.05) is 25.1 Å². The van der Waals surface area contributed by atoms with Gasteiger partial charge in [-0.15, -0.1) is 0 Å². The van der Waals surface area contributed by atoms with E-state index in [2.05, 4.69) is 5.32 Å². The van der Waals surface area contributed by atoms with Crippen LogP contribution >= 0.6 is 0 Å². The fraction of sp³-hybridized carbons (Fsp3) is 0.500. The van der Waals surface area contributed by atoms with Gasteiger partial charge in [-0.05, 0) is 19.4 Å². The second kappa shape index (κ2) is 5.73. The molecule has 1 aromatic carbocycles. The van der Waals surface area contributed by atoms with E-state index in [1.165, 1.54) is 0 Å². The summed E-state index contributed by atoms with van der Waals surface area (Å²) in [7, 11) is 0. The molecular formula is C12H19NO2.